The molecule has 1 saturated carbocycles. The summed E-state index contributed by atoms with van der Waals surface area (Å²) < 4.78 is 14.6. The highest BCUT2D eigenvalue weighted by atomic mass is 32.2. The Morgan fingerprint density at radius 1 is 1.31 bits per heavy atom. The number of fused-ring (bicyclic) bond motifs is 1. The number of benzene rings is 1. The van der Waals surface area contributed by atoms with Crippen LogP contribution in [0.3, 0.4) is 0 Å². The summed E-state index contributed by atoms with van der Waals surface area (Å²) in [7, 11) is 0. The lowest BCUT2D eigenvalue weighted by molar-refractivity contribution is -0.117. The highest BCUT2D eigenvalue weighted by molar-refractivity contribution is 7.92. The predicted octanol–water partition coefficient (Wildman–Crippen LogP) is 5.16. The lowest BCUT2D eigenvalue weighted by Gasteiger charge is -2.04. The summed E-state index contributed by atoms with van der Waals surface area (Å²) in [6, 6.07) is 10.3. The lowest BCUT2D eigenvalue weighted by Crippen LogP contribution is -2.14. The molecule has 0 radical (unpaired) electrons. The van der Waals surface area contributed by atoms with Gasteiger partial charge in [-0.05, 0) is 42.7 Å². The van der Waals surface area contributed by atoms with Crippen LogP contribution < -0.4 is 5.32 Å². The normalized spacial score (nSPS) is 13.2. The van der Waals surface area contributed by atoms with E-state index in [4.69, 9.17) is 0 Å². The minimum atomic E-state index is -0.0407. The smallest absolute Gasteiger partial charge is 0.228 e. The van der Waals surface area contributed by atoms with Gasteiger partial charge in [-0.1, -0.05) is 26.0 Å². The van der Waals surface area contributed by atoms with Gasteiger partial charge in [-0.2, -0.15) is 0 Å². The van der Waals surface area contributed by atoms with Crippen molar-refractivity contribution in [3.8, 4) is 16.9 Å². The molecular weight excluding hydrogens is 353 g/mol. The number of carbonyl (C=O) groups excluding carboxylic acids is 1. The van der Waals surface area contributed by atoms with Crippen molar-refractivity contribution in [2.24, 2.45) is 5.92 Å². The van der Waals surface area contributed by atoms with Crippen LogP contribution in [0.1, 0.15) is 26.7 Å². The molecule has 5 nitrogen and oxygen atoms in total. The van der Waals surface area contributed by atoms with Crippen LogP contribution in [0.15, 0.2) is 42.6 Å². The molecule has 7 heteroatoms. The number of aromatic nitrogens is 2. The van der Waals surface area contributed by atoms with E-state index in [0.717, 1.165) is 29.4 Å². The summed E-state index contributed by atoms with van der Waals surface area (Å²) in [6.07, 6.45) is 3.45. The molecular formula is C19H20FN3O2S. The maximum Gasteiger partial charge on any atom is 0.228 e. The molecule has 0 atom stereocenters. The molecule has 2 N–H and O–H groups in total. The zero-order valence-electron chi connectivity index (χ0n) is 14.6. The number of hydrogen-bond donors (Lipinski definition) is 2. The van der Waals surface area contributed by atoms with E-state index in [9.17, 15) is 13.8 Å². The maximum atomic E-state index is 13.3. The number of halogens is 1. The molecule has 0 bridgehead atoms. The summed E-state index contributed by atoms with van der Waals surface area (Å²) in [5.74, 6) is 0.589. The molecule has 136 valence electrons. The topological polar surface area (TPSA) is 67.2 Å². The van der Waals surface area contributed by atoms with E-state index in [-0.39, 0.29) is 29.9 Å². The molecule has 1 aliphatic rings. The zero-order valence-corrected chi connectivity index (χ0v) is 15.4. The molecule has 1 fully saturated rings. The van der Waals surface area contributed by atoms with Crippen molar-refractivity contribution in [1.82, 2.24) is 8.96 Å². The molecule has 4 rings (SSSR count). The standard InChI is InChI=1S/C17H14FN3O2S.C2H6/c18-24-21-9-14(11-2-1-3-12(22)8-11)13-6-7-15(19-16(13)21)20-17(23)10-4-5-10;1-2/h1-3,6-10,22H,4-5H2,(H,19,20,23);1-2H3. The van der Waals surface area contributed by atoms with Gasteiger partial charge in [0, 0.05) is 23.1 Å². The molecule has 0 spiro atoms. The Morgan fingerprint density at radius 2 is 2.08 bits per heavy atom. The van der Waals surface area contributed by atoms with Crippen molar-refractivity contribution in [2.45, 2.75) is 26.7 Å². The average molecular weight is 373 g/mol. The van der Waals surface area contributed by atoms with Crippen molar-refractivity contribution in [3.05, 3.63) is 42.6 Å². The SMILES string of the molecule is CC.O=C(Nc1ccc2c(-c3cccc(O)c3)cn(SF)c2n1)C1CC1. The number of carbonyl (C=O) groups is 1. The van der Waals surface area contributed by atoms with Gasteiger partial charge in [0.25, 0.3) is 0 Å². The second-order valence-electron chi connectivity index (χ2n) is 5.82. The third kappa shape index (κ3) is 3.67. The van der Waals surface area contributed by atoms with Crippen molar-refractivity contribution >= 4 is 35.1 Å². The Labute approximate surface area is 155 Å². The van der Waals surface area contributed by atoms with E-state index in [1.807, 2.05) is 19.9 Å². The summed E-state index contributed by atoms with van der Waals surface area (Å²) in [5.41, 5.74) is 1.96. The zero-order chi connectivity index (χ0) is 18.7. The summed E-state index contributed by atoms with van der Waals surface area (Å²) in [4.78, 5) is 16.2. The first-order chi connectivity index (χ1) is 12.7. The number of amides is 1. The summed E-state index contributed by atoms with van der Waals surface area (Å²) in [6.45, 7) is 4.00. The molecule has 26 heavy (non-hydrogen) atoms. The molecule has 2 aromatic heterocycles. The van der Waals surface area contributed by atoms with Crippen molar-refractivity contribution in [1.29, 1.82) is 0 Å². The van der Waals surface area contributed by atoms with Crippen LogP contribution in [0.5, 0.6) is 5.75 Å². The molecule has 2 heterocycles. The van der Waals surface area contributed by atoms with Gasteiger partial charge in [-0.25, -0.2) is 8.96 Å². The van der Waals surface area contributed by atoms with Crippen LogP contribution in [0, 0.1) is 5.92 Å². The molecule has 0 saturated heterocycles. The number of nitrogens with one attached hydrogen (secondary N) is 1. The highest BCUT2D eigenvalue weighted by Gasteiger charge is 2.29. The fraction of sp³-hybridized carbons (Fsp3) is 0.263. The quantitative estimate of drug-likeness (QED) is 0.662. The van der Waals surface area contributed by atoms with Gasteiger partial charge in [-0.3, -0.25) is 4.79 Å². The first-order valence-corrected chi connectivity index (χ1v) is 9.24. The Hall–Kier alpha value is -2.54. The first-order valence-electron chi connectivity index (χ1n) is 8.57. The first kappa shape index (κ1) is 18.3. The third-order valence-electron chi connectivity index (χ3n) is 4.05. The van der Waals surface area contributed by atoms with E-state index in [2.05, 4.69) is 10.3 Å². The molecule has 1 aliphatic carbocycles. The summed E-state index contributed by atoms with van der Waals surface area (Å²) >= 11 is 0.0432. The predicted molar refractivity (Wildman–Crippen MR) is 104 cm³/mol. The Kier molecular flexibility index (Phi) is 5.46. The molecule has 1 amide bonds. The second kappa shape index (κ2) is 7.78. The lowest BCUT2D eigenvalue weighted by atomic mass is 10.1. The van der Waals surface area contributed by atoms with Crippen molar-refractivity contribution in [3.63, 3.8) is 0 Å². The van der Waals surface area contributed by atoms with Gasteiger partial charge in [0.2, 0.25) is 5.91 Å². The fourth-order valence-corrected chi connectivity index (χ4v) is 3.02. The molecule has 0 aliphatic heterocycles. The Balaban J connectivity index is 0.000000948. The van der Waals surface area contributed by atoms with Gasteiger partial charge in [-0.15, -0.1) is 3.89 Å². The van der Waals surface area contributed by atoms with Crippen LogP contribution in [-0.4, -0.2) is 20.0 Å². The van der Waals surface area contributed by atoms with Crippen LogP contribution in [0.4, 0.5) is 9.70 Å². The maximum absolute atomic E-state index is 13.3. The fourth-order valence-electron chi connectivity index (χ4n) is 2.67. The van der Waals surface area contributed by atoms with E-state index in [0.29, 0.717) is 11.5 Å². The van der Waals surface area contributed by atoms with Crippen molar-refractivity contribution < 1.29 is 13.8 Å². The van der Waals surface area contributed by atoms with Gasteiger partial charge in [0.1, 0.15) is 11.6 Å². The number of aromatic hydroxyl groups is 1. The monoisotopic (exact) mass is 373 g/mol. The number of hydrogen-bond acceptors (Lipinski definition) is 4. The molecule has 0 unspecified atom stereocenters. The number of pyridine rings is 1. The number of nitrogens with zero attached hydrogens (tertiary/aromatic N) is 2. The van der Waals surface area contributed by atoms with Gasteiger partial charge < -0.3 is 10.4 Å². The van der Waals surface area contributed by atoms with Crippen LogP contribution in [-0.2, 0) is 4.79 Å². The van der Waals surface area contributed by atoms with Gasteiger partial charge in [0.15, 0.2) is 18.0 Å². The highest BCUT2D eigenvalue weighted by Crippen LogP contribution is 2.35. The molecule has 1 aromatic carbocycles. The average Bonchev–Trinajstić information content (AvgIpc) is 3.45. The minimum Gasteiger partial charge on any atom is -0.508 e. The second-order valence-corrected chi connectivity index (χ2v) is 6.35. The summed E-state index contributed by atoms with van der Waals surface area (Å²) in [5, 5.41) is 13.2. The van der Waals surface area contributed by atoms with Gasteiger partial charge in [0.05, 0.1) is 0 Å². The number of rotatable bonds is 4. The van der Waals surface area contributed by atoms with E-state index in [1.165, 1.54) is 3.97 Å². The Bertz CT molecular complexity index is 938. The van der Waals surface area contributed by atoms with E-state index in [1.54, 1.807) is 36.5 Å². The van der Waals surface area contributed by atoms with Crippen LogP contribution in [0.25, 0.3) is 22.2 Å². The minimum absolute atomic E-state index is 0.0407. The Morgan fingerprint density at radius 3 is 2.73 bits per heavy atom. The number of anilines is 1. The number of phenolic OH excluding ortho intramolecular Hbond substituents is 1. The van der Waals surface area contributed by atoms with E-state index < -0.39 is 0 Å². The molecule has 3 aromatic rings. The van der Waals surface area contributed by atoms with Crippen molar-refractivity contribution in [2.75, 3.05) is 5.32 Å². The van der Waals surface area contributed by atoms with E-state index >= 15 is 0 Å². The van der Waals surface area contributed by atoms with Crippen LogP contribution in [0.2, 0.25) is 0 Å². The number of phenols is 1. The van der Waals surface area contributed by atoms with Gasteiger partial charge >= 0.3 is 0 Å². The third-order valence-corrected chi connectivity index (χ3v) is 4.48. The van der Waals surface area contributed by atoms with Crippen LogP contribution >= 0.6 is 12.3 Å². The largest absolute Gasteiger partial charge is 0.508 e.